The lowest BCUT2D eigenvalue weighted by Crippen LogP contribution is -2.30. The van der Waals surface area contributed by atoms with Gasteiger partial charge in [-0.25, -0.2) is 12.8 Å². The molecule has 2 N–H and O–H groups in total. The molecule has 0 radical (unpaired) electrons. The molecule has 1 aromatic carbocycles. The second kappa shape index (κ2) is 4.95. The van der Waals surface area contributed by atoms with E-state index in [2.05, 4.69) is 0 Å². The SMILES string of the molecule is Cc1ccc(F)cc1S(=O)(=O)N1CC[C@@H](CN)C1. The lowest BCUT2D eigenvalue weighted by Gasteiger charge is -2.17. The second-order valence-corrected chi connectivity index (χ2v) is 6.57. The Morgan fingerprint density at radius 2 is 2.22 bits per heavy atom. The molecule has 1 aliphatic rings. The zero-order chi connectivity index (χ0) is 13.3. The van der Waals surface area contributed by atoms with Gasteiger partial charge in [0.05, 0.1) is 4.90 Å². The largest absolute Gasteiger partial charge is 0.330 e. The molecular weight excluding hydrogens is 255 g/mol. The third-order valence-corrected chi connectivity index (χ3v) is 5.36. The molecule has 1 heterocycles. The summed E-state index contributed by atoms with van der Waals surface area (Å²) in [7, 11) is -3.60. The van der Waals surface area contributed by atoms with Gasteiger partial charge in [0.25, 0.3) is 0 Å². The molecule has 1 saturated heterocycles. The van der Waals surface area contributed by atoms with Crippen LogP contribution in [0.3, 0.4) is 0 Å². The third kappa shape index (κ3) is 2.41. The van der Waals surface area contributed by atoms with Crippen molar-refractivity contribution in [1.82, 2.24) is 4.31 Å². The van der Waals surface area contributed by atoms with Crippen molar-refractivity contribution in [3.8, 4) is 0 Å². The highest BCUT2D eigenvalue weighted by Gasteiger charge is 2.32. The van der Waals surface area contributed by atoms with Crippen LogP contribution in [0.2, 0.25) is 0 Å². The standard InChI is InChI=1S/C12H17FN2O2S/c1-9-2-3-11(13)6-12(9)18(16,17)15-5-4-10(7-14)8-15/h2-3,6,10H,4-5,7-8,14H2,1H3/t10-/m0/s1. The van der Waals surface area contributed by atoms with Crippen molar-refractivity contribution in [1.29, 1.82) is 0 Å². The van der Waals surface area contributed by atoms with Gasteiger partial charge in [-0.15, -0.1) is 0 Å². The molecule has 0 unspecified atom stereocenters. The molecule has 100 valence electrons. The molecule has 6 heteroatoms. The van der Waals surface area contributed by atoms with Crippen molar-refractivity contribution in [3.05, 3.63) is 29.6 Å². The number of nitrogens with zero attached hydrogens (tertiary/aromatic N) is 1. The molecule has 2 rings (SSSR count). The number of benzene rings is 1. The van der Waals surface area contributed by atoms with Crippen LogP contribution in [0.1, 0.15) is 12.0 Å². The first-order valence-electron chi connectivity index (χ1n) is 5.91. The van der Waals surface area contributed by atoms with Crippen molar-refractivity contribution in [3.63, 3.8) is 0 Å². The Morgan fingerprint density at radius 3 is 2.83 bits per heavy atom. The van der Waals surface area contributed by atoms with Gasteiger partial charge in [-0.1, -0.05) is 6.07 Å². The molecule has 0 aliphatic carbocycles. The van der Waals surface area contributed by atoms with Crippen LogP contribution < -0.4 is 5.73 Å². The molecule has 0 aromatic heterocycles. The Hall–Kier alpha value is -0.980. The maximum absolute atomic E-state index is 13.2. The summed E-state index contributed by atoms with van der Waals surface area (Å²) in [5.74, 6) is -0.331. The van der Waals surface area contributed by atoms with Crippen LogP contribution >= 0.6 is 0 Å². The highest BCUT2D eigenvalue weighted by atomic mass is 32.2. The van der Waals surface area contributed by atoms with E-state index in [9.17, 15) is 12.8 Å². The van der Waals surface area contributed by atoms with Crippen LogP contribution in [0, 0.1) is 18.7 Å². The quantitative estimate of drug-likeness (QED) is 0.896. The van der Waals surface area contributed by atoms with E-state index in [-0.39, 0.29) is 10.8 Å². The molecule has 0 spiro atoms. The van der Waals surface area contributed by atoms with Crippen LogP contribution in [0.4, 0.5) is 4.39 Å². The maximum Gasteiger partial charge on any atom is 0.243 e. The predicted octanol–water partition coefficient (Wildman–Crippen LogP) is 1.10. The smallest absolute Gasteiger partial charge is 0.243 e. The Balaban J connectivity index is 2.34. The summed E-state index contributed by atoms with van der Waals surface area (Å²) >= 11 is 0. The minimum Gasteiger partial charge on any atom is -0.330 e. The highest BCUT2D eigenvalue weighted by molar-refractivity contribution is 7.89. The van der Waals surface area contributed by atoms with E-state index in [0.29, 0.717) is 25.2 Å². The zero-order valence-corrected chi connectivity index (χ0v) is 11.1. The summed E-state index contributed by atoms with van der Waals surface area (Å²) in [4.78, 5) is 0.0557. The minimum atomic E-state index is -3.60. The van der Waals surface area contributed by atoms with Gasteiger partial charge in [-0.2, -0.15) is 4.31 Å². The van der Waals surface area contributed by atoms with Gasteiger partial charge in [0, 0.05) is 13.1 Å². The summed E-state index contributed by atoms with van der Waals surface area (Å²) in [5.41, 5.74) is 6.11. The number of nitrogens with two attached hydrogens (primary N) is 1. The molecule has 0 amide bonds. The Labute approximate surface area is 107 Å². The summed E-state index contributed by atoms with van der Waals surface area (Å²) in [6.45, 7) is 3.03. The van der Waals surface area contributed by atoms with Crippen LogP contribution in [-0.4, -0.2) is 32.4 Å². The molecule has 4 nitrogen and oxygen atoms in total. The van der Waals surface area contributed by atoms with Crippen molar-refractivity contribution in [2.24, 2.45) is 11.7 Å². The van der Waals surface area contributed by atoms with Gasteiger partial charge in [-0.3, -0.25) is 0 Å². The molecule has 0 bridgehead atoms. The summed E-state index contributed by atoms with van der Waals surface area (Å²) < 4.78 is 39.4. The third-order valence-electron chi connectivity index (χ3n) is 3.35. The lowest BCUT2D eigenvalue weighted by molar-refractivity contribution is 0.458. The fourth-order valence-corrected chi connectivity index (χ4v) is 3.97. The summed E-state index contributed by atoms with van der Waals surface area (Å²) in [6.07, 6.45) is 0.768. The fraction of sp³-hybridized carbons (Fsp3) is 0.500. The van der Waals surface area contributed by atoms with Crippen LogP contribution in [-0.2, 0) is 10.0 Å². The first kappa shape index (κ1) is 13.5. The van der Waals surface area contributed by atoms with Crippen molar-refractivity contribution < 1.29 is 12.8 Å². The van der Waals surface area contributed by atoms with E-state index < -0.39 is 15.8 Å². The van der Waals surface area contributed by atoms with Crippen LogP contribution in [0.15, 0.2) is 23.1 Å². The number of aryl methyl sites for hydroxylation is 1. The number of hydrogen-bond acceptors (Lipinski definition) is 3. The Kier molecular flexibility index (Phi) is 3.70. The number of halogens is 1. The fourth-order valence-electron chi connectivity index (χ4n) is 2.20. The van der Waals surface area contributed by atoms with E-state index >= 15 is 0 Å². The molecule has 1 atom stereocenters. The topological polar surface area (TPSA) is 63.4 Å². The summed E-state index contributed by atoms with van der Waals surface area (Å²) in [5, 5.41) is 0. The lowest BCUT2D eigenvalue weighted by atomic mass is 10.1. The first-order chi connectivity index (χ1) is 8.45. The van der Waals surface area contributed by atoms with E-state index in [0.717, 1.165) is 12.5 Å². The molecular formula is C12H17FN2O2S. The van der Waals surface area contributed by atoms with Gasteiger partial charge in [0.2, 0.25) is 10.0 Å². The van der Waals surface area contributed by atoms with Crippen molar-refractivity contribution in [2.45, 2.75) is 18.2 Å². The molecule has 1 aliphatic heterocycles. The molecule has 18 heavy (non-hydrogen) atoms. The normalized spacial score (nSPS) is 21.4. The second-order valence-electron chi connectivity index (χ2n) is 4.66. The van der Waals surface area contributed by atoms with E-state index in [1.165, 1.54) is 16.4 Å². The molecule has 1 aromatic rings. The van der Waals surface area contributed by atoms with Crippen molar-refractivity contribution in [2.75, 3.05) is 19.6 Å². The minimum absolute atomic E-state index is 0.0557. The highest BCUT2D eigenvalue weighted by Crippen LogP contribution is 2.26. The van der Waals surface area contributed by atoms with Gasteiger partial charge >= 0.3 is 0 Å². The number of sulfonamides is 1. The van der Waals surface area contributed by atoms with Gasteiger partial charge in [-0.05, 0) is 43.5 Å². The van der Waals surface area contributed by atoms with E-state index in [1.807, 2.05) is 0 Å². The predicted molar refractivity (Wildman–Crippen MR) is 67.1 cm³/mol. The van der Waals surface area contributed by atoms with Crippen LogP contribution in [0.5, 0.6) is 0 Å². The van der Waals surface area contributed by atoms with E-state index in [1.54, 1.807) is 6.92 Å². The average Bonchev–Trinajstić information content (AvgIpc) is 2.81. The van der Waals surface area contributed by atoms with Crippen molar-refractivity contribution >= 4 is 10.0 Å². The number of rotatable bonds is 3. The Morgan fingerprint density at radius 1 is 1.50 bits per heavy atom. The zero-order valence-electron chi connectivity index (χ0n) is 10.3. The maximum atomic E-state index is 13.2. The molecule has 1 fully saturated rings. The summed E-state index contributed by atoms with van der Waals surface area (Å²) in [6, 6.07) is 3.83. The van der Waals surface area contributed by atoms with Gasteiger partial charge < -0.3 is 5.73 Å². The van der Waals surface area contributed by atoms with Gasteiger partial charge in [0.15, 0.2) is 0 Å². The monoisotopic (exact) mass is 272 g/mol. The Bertz CT molecular complexity index is 545. The molecule has 0 saturated carbocycles. The number of hydrogen-bond donors (Lipinski definition) is 1. The van der Waals surface area contributed by atoms with Gasteiger partial charge in [0.1, 0.15) is 5.82 Å². The van der Waals surface area contributed by atoms with E-state index in [4.69, 9.17) is 5.73 Å². The first-order valence-corrected chi connectivity index (χ1v) is 7.35. The average molecular weight is 272 g/mol. The van der Waals surface area contributed by atoms with Crippen LogP contribution in [0.25, 0.3) is 0 Å².